The molecule has 0 bridgehead atoms. The summed E-state index contributed by atoms with van der Waals surface area (Å²) in [6.45, 7) is 3.28. The Morgan fingerprint density at radius 2 is 2.00 bits per heavy atom. The van der Waals surface area contributed by atoms with Crippen molar-refractivity contribution < 1.29 is 19.0 Å². The van der Waals surface area contributed by atoms with Gasteiger partial charge in [0.05, 0.1) is 31.9 Å². The predicted molar refractivity (Wildman–Crippen MR) is 81.7 cm³/mol. The van der Waals surface area contributed by atoms with Gasteiger partial charge in [-0.1, -0.05) is 0 Å². The molecule has 0 saturated carbocycles. The van der Waals surface area contributed by atoms with E-state index in [1.807, 2.05) is 6.92 Å². The minimum atomic E-state index is -0.159. The van der Waals surface area contributed by atoms with E-state index in [4.69, 9.17) is 19.9 Å². The first-order chi connectivity index (χ1) is 10.0. The molecule has 1 rings (SSSR count). The summed E-state index contributed by atoms with van der Waals surface area (Å²) >= 11 is 0. The molecule has 1 atom stereocenters. The van der Waals surface area contributed by atoms with Gasteiger partial charge in [-0.15, -0.1) is 0 Å². The Balaban J connectivity index is 3.03. The Kier molecular flexibility index (Phi) is 6.98. The molecule has 6 nitrogen and oxygen atoms in total. The first kappa shape index (κ1) is 17.3. The van der Waals surface area contributed by atoms with Crippen LogP contribution in [0.5, 0.6) is 5.75 Å². The summed E-state index contributed by atoms with van der Waals surface area (Å²) in [6.07, 6.45) is 0. The Labute approximate surface area is 125 Å². The fourth-order valence-electron chi connectivity index (χ4n) is 2.05. The molecule has 0 fully saturated rings. The number of nitrogens with zero attached hydrogens (tertiary/aromatic N) is 1. The molecular formula is C15H24N2O4. The van der Waals surface area contributed by atoms with Gasteiger partial charge in [0.2, 0.25) is 0 Å². The zero-order valence-corrected chi connectivity index (χ0v) is 13.1. The van der Waals surface area contributed by atoms with Gasteiger partial charge < -0.3 is 24.8 Å². The Morgan fingerprint density at radius 3 is 2.57 bits per heavy atom. The van der Waals surface area contributed by atoms with E-state index >= 15 is 0 Å². The number of carbonyl (C=O) groups excluding carboxylic acids is 1. The first-order valence-corrected chi connectivity index (χ1v) is 6.77. The maximum atomic E-state index is 12.7. The second-order valence-corrected chi connectivity index (χ2v) is 4.75. The lowest BCUT2D eigenvalue weighted by molar-refractivity contribution is 0.0480. The third kappa shape index (κ3) is 4.61. The van der Waals surface area contributed by atoms with Crippen molar-refractivity contribution in [2.75, 3.05) is 46.8 Å². The van der Waals surface area contributed by atoms with Crippen molar-refractivity contribution in [3.63, 3.8) is 0 Å². The summed E-state index contributed by atoms with van der Waals surface area (Å²) in [6, 6.07) is 4.96. The summed E-state index contributed by atoms with van der Waals surface area (Å²) in [7, 11) is 4.76. The van der Waals surface area contributed by atoms with Crippen LogP contribution >= 0.6 is 0 Å². The van der Waals surface area contributed by atoms with Crippen LogP contribution in [0.1, 0.15) is 17.3 Å². The molecule has 0 aliphatic heterocycles. The van der Waals surface area contributed by atoms with E-state index in [-0.39, 0.29) is 11.9 Å². The van der Waals surface area contributed by atoms with Crippen LogP contribution in [0.4, 0.5) is 5.69 Å². The lowest BCUT2D eigenvalue weighted by Gasteiger charge is -2.29. The molecule has 0 aliphatic carbocycles. The van der Waals surface area contributed by atoms with Gasteiger partial charge in [0.25, 0.3) is 5.91 Å². The molecule has 0 saturated heterocycles. The fourth-order valence-corrected chi connectivity index (χ4v) is 2.05. The molecule has 1 amide bonds. The van der Waals surface area contributed by atoms with Crippen LogP contribution in [0.2, 0.25) is 0 Å². The predicted octanol–water partition coefficient (Wildman–Crippen LogP) is 1.40. The van der Waals surface area contributed by atoms with Crippen molar-refractivity contribution >= 4 is 11.6 Å². The molecule has 2 N–H and O–H groups in total. The number of carbonyl (C=O) groups is 1. The Hall–Kier alpha value is -1.79. The molecular weight excluding hydrogens is 272 g/mol. The zero-order valence-electron chi connectivity index (χ0n) is 13.1. The number of methoxy groups -OCH3 is 3. The third-order valence-electron chi connectivity index (χ3n) is 3.23. The summed E-state index contributed by atoms with van der Waals surface area (Å²) in [5, 5.41) is 0. The largest absolute Gasteiger partial charge is 0.497 e. The number of anilines is 1. The quantitative estimate of drug-likeness (QED) is 0.734. The summed E-state index contributed by atoms with van der Waals surface area (Å²) in [5.74, 6) is 0.437. The van der Waals surface area contributed by atoms with Crippen LogP contribution in [0.25, 0.3) is 0 Å². The minimum Gasteiger partial charge on any atom is -0.497 e. The topological polar surface area (TPSA) is 74.0 Å². The van der Waals surface area contributed by atoms with Crippen LogP contribution in [0.3, 0.4) is 0 Å². The maximum absolute atomic E-state index is 12.7. The molecule has 0 heterocycles. The molecule has 0 radical (unpaired) electrons. The van der Waals surface area contributed by atoms with Crippen LogP contribution in [0, 0.1) is 0 Å². The molecule has 0 spiro atoms. The molecule has 6 heteroatoms. The van der Waals surface area contributed by atoms with E-state index in [1.54, 1.807) is 44.4 Å². The molecule has 1 aromatic carbocycles. The van der Waals surface area contributed by atoms with Crippen molar-refractivity contribution in [3.8, 4) is 5.75 Å². The second kappa shape index (κ2) is 8.49. The number of amides is 1. The molecule has 0 aliphatic rings. The fraction of sp³-hybridized carbons (Fsp3) is 0.533. The van der Waals surface area contributed by atoms with Crippen molar-refractivity contribution in [2.24, 2.45) is 0 Å². The smallest absolute Gasteiger partial charge is 0.256 e. The van der Waals surface area contributed by atoms with Crippen molar-refractivity contribution in [1.82, 2.24) is 4.90 Å². The number of hydrogen-bond acceptors (Lipinski definition) is 5. The molecule has 1 unspecified atom stereocenters. The SMILES string of the molecule is COCCN(C(=O)c1cc(OC)ccc1N)C(C)COC. The second-order valence-electron chi connectivity index (χ2n) is 4.75. The van der Waals surface area contributed by atoms with Crippen molar-refractivity contribution in [1.29, 1.82) is 0 Å². The van der Waals surface area contributed by atoms with E-state index < -0.39 is 0 Å². The standard InChI is InChI=1S/C15H24N2O4/c1-11(10-20-3)17(7-8-19-2)15(18)13-9-12(21-4)5-6-14(13)16/h5-6,9,11H,7-8,10,16H2,1-4H3. The third-order valence-corrected chi connectivity index (χ3v) is 3.23. The van der Waals surface area contributed by atoms with E-state index in [0.29, 0.717) is 36.8 Å². The van der Waals surface area contributed by atoms with Crippen LogP contribution in [-0.2, 0) is 9.47 Å². The van der Waals surface area contributed by atoms with E-state index in [2.05, 4.69) is 0 Å². The normalized spacial score (nSPS) is 12.0. The summed E-state index contributed by atoms with van der Waals surface area (Å²) < 4.78 is 15.4. The number of nitrogens with two attached hydrogens (primary N) is 1. The minimum absolute atomic E-state index is 0.0803. The van der Waals surface area contributed by atoms with E-state index in [0.717, 1.165) is 0 Å². The van der Waals surface area contributed by atoms with Crippen molar-refractivity contribution in [2.45, 2.75) is 13.0 Å². The number of benzene rings is 1. The monoisotopic (exact) mass is 296 g/mol. The molecule has 1 aromatic rings. The van der Waals surface area contributed by atoms with Gasteiger partial charge in [-0.25, -0.2) is 0 Å². The van der Waals surface area contributed by atoms with Gasteiger partial charge in [0, 0.05) is 26.5 Å². The lowest BCUT2D eigenvalue weighted by atomic mass is 10.1. The van der Waals surface area contributed by atoms with Gasteiger partial charge in [-0.3, -0.25) is 4.79 Å². The van der Waals surface area contributed by atoms with Crippen LogP contribution < -0.4 is 10.5 Å². The van der Waals surface area contributed by atoms with E-state index in [1.165, 1.54) is 0 Å². The van der Waals surface area contributed by atoms with Gasteiger partial charge >= 0.3 is 0 Å². The average Bonchev–Trinajstić information content (AvgIpc) is 2.48. The van der Waals surface area contributed by atoms with Gasteiger partial charge in [-0.05, 0) is 25.1 Å². The first-order valence-electron chi connectivity index (χ1n) is 6.77. The highest BCUT2D eigenvalue weighted by Crippen LogP contribution is 2.22. The number of ether oxygens (including phenoxy) is 3. The van der Waals surface area contributed by atoms with Crippen molar-refractivity contribution in [3.05, 3.63) is 23.8 Å². The summed E-state index contributed by atoms with van der Waals surface area (Å²) in [4.78, 5) is 14.4. The van der Waals surface area contributed by atoms with E-state index in [9.17, 15) is 4.79 Å². The molecule has 21 heavy (non-hydrogen) atoms. The van der Waals surface area contributed by atoms with Gasteiger partial charge in [0.15, 0.2) is 0 Å². The zero-order chi connectivity index (χ0) is 15.8. The van der Waals surface area contributed by atoms with Gasteiger partial charge in [0.1, 0.15) is 5.75 Å². The van der Waals surface area contributed by atoms with Crippen LogP contribution in [0.15, 0.2) is 18.2 Å². The molecule has 0 aromatic heterocycles. The number of nitrogen functional groups attached to an aromatic ring is 1. The highest BCUT2D eigenvalue weighted by Gasteiger charge is 2.23. The van der Waals surface area contributed by atoms with Crippen LogP contribution in [-0.4, -0.2) is 57.9 Å². The number of hydrogen-bond donors (Lipinski definition) is 1. The highest BCUT2D eigenvalue weighted by atomic mass is 16.5. The molecule has 118 valence electrons. The Bertz CT molecular complexity index is 465. The highest BCUT2D eigenvalue weighted by molar-refractivity contribution is 5.99. The lowest BCUT2D eigenvalue weighted by Crippen LogP contribution is -2.43. The summed E-state index contributed by atoms with van der Waals surface area (Å²) in [5.41, 5.74) is 6.77. The number of rotatable bonds is 8. The Morgan fingerprint density at radius 1 is 1.29 bits per heavy atom. The van der Waals surface area contributed by atoms with Gasteiger partial charge in [-0.2, -0.15) is 0 Å². The maximum Gasteiger partial charge on any atom is 0.256 e. The average molecular weight is 296 g/mol.